The number of hydrogen-bond donors (Lipinski definition) is 0. The molecule has 2 unspecified atom stereocenters. The zero-order valence-electron chi connectivity index (χ0n) is 17.8. The molecule has 2 atom stereocenters. The predicted molar refractivity (Wildman–Crippen MR) is 105 cm³/mol. The maximum atomic E-state index is 11.8. The van der Waals surface area contributed by atoms with Crippen LogP contribution in [-0.4, -0.2) is 44.1 Å². The summed E-state index contributed by atoms with van der Waals surface area (Å²) in [5, 5.41) is 0. The van der Waals surface area contributed by atoms with Crippen LogP contribution in [0.25, 0.3) is 0 Å². The van der Waals surface area contributed by atoms with Crippen molar-refractivity contribution in [2.24, 2.45) is 0 Å². The predicted octanol–water partition coefficient (Wildman–Crippen LogP) is 5.65. The molecule has 0 aliphatic carbocycles. The highest BCUT2D eigenvalue weighted by Gasteiger charge is 2.22. The van der Waals surface area contributed by atoms with Gasteiger partial charge in [0, 0.05) is 13.3 Å². The lowest BCUT2D eigenvalue weighted by Gasteiger charge is -2.32. The van der Waals surface area contributed by atoms with Crippen LogP contribution >= 0.6 is 0 Å². The van der Waals surface area contributed by atoms with Gasteiger partial charge in [-0.15, -0.1) is 0 Å². The lowest BCUT2D eigenvalue weighted by atomic mass is 10.1. The first kappa shape index (κ1) is 24.4. The van der Waals surface area contributed by atoms with Crippen molar-refractivity contribution in [1.82, 2.24) is 0 Å². The Balaban J connectivity index is 3.49. The number of esters is 1. The monoisotopic (exact) mass is 358 g/mol. The number of quaternary nitrogens is 1. The normalized spacial score (nSPS) is 14.3. The first-order valence-electron chi connectivity index (χ1n) is 10.4. The van der Waals surface area contributed by atoms with E-state index in [1.54, 1.807) is 6.92 Å². The molecule has 0 saturated carbocycles. The Morgan fingerprint density at radius 3 is 1.68 bits per heavy atom. The zero-order chi connectivity index (χ0) is 19.1. The summed E-state index contributed by atoms with van der Waals surface area (Å²) in [6.45, 7) is 6.05. The number of unbranched alkanes of at least 4 members (excludes halogenated alkanes) is 10. The molecule has 25 heavy (non-hydrogen) atoms. The molecular formula is C21H44NO3+. The van der Waals surface area contributed by atoms with Gasteiger partial charge in [-0.25, -0.2) is 0 Å². The minimum Gasteiger partial charge on any atom is -0.436 e. The quantitative estimate of drug-likeness (QED) is 0.155. The molecule has 4 nitrogen and oxygen atoms in total. The van der Waals surface area contributed by atoms with Crippen LogP contribution in [0.3, 0.4) is 0 Å². The van der Waals surface area contributed by atoms with Crippen molar-refractivity contribution >= 4 is 5.97 Å². The van der Waals surface area contributed by atoms with Gasteiger partial charge in [0.15, 0.2) is 6.23 Å². The maximum Gasteiger partial charge on any atom is 0.308 e. The molecule has 0 heterocycles. The topological polar surface area (TPSA) is 35.5 Å². The van der Waals surface area contributed by atoms with Gasteiger partial charge < -0.3 is 9.22 Å². The van der Waals surface area contributed by atoms with Crippen LogP contribution in [0.5, 0.6) is 0 Å². The van der Waals surface area contributed by atoms with Crippen molar-refractivity contribution in [2.75, 3.05) is 21.1 Å². The van der Waals surface area contributed by atoms with Crippen LogP contribution in [0, 0.1) is 0 Å². The van der Waals surface area contributed by atoms with Crippen molar-refractivity contribution in [3.8, 4) is 0 Å². The SMILES string of the molecule is CCCCCCCCCCCCCC(=O)OC(C)OC(C)[N+](C)(C)C. The number of hydrogen-bond acceptors (Lipinski definition) is 3. The Morgan fingerprint density at radius 2 is 1.24 bits per heavy atom. The minimum atomic E-state index is -0.479. The summed E-state index contributed by atoms with van der Waals surface area (Å²) < 4.78 is 11.7. The molecule has 0 bridgehead atoms. The number of nitrogens with zero attached hydrogens (tertiary/aromatic N) is 1. The molecule has 4 heteroatoms. The van der Waals surface area contributed by atoms with Crippen molar-refractivity contribution in [3.63, 3.8) is 0 Å². The summed E-state index contributed by atoms with van der Waals surface area (Å²) in [4.78, 5) is 11.8. The highest BCUT2D eigenvalue weighted by Crippen LogP contribution is 2.13. The second-order valence-corrected chi connectivity index (χ2v) is 8.19. The summed E-state index contributed by atoms with van der Waals surface area (Å²) in [5.41, 5.74) is 0. The zero-order valence-corrected chi connectivity index (χ0v) is 17.8. The highest BCUT2D eigenvalue weighted by molar-refractivity contribution is 5.69. The average Bonchev–Trinajstić information content (AvgIpc) is 2.51. The summed E-state index contributed by atoms with van der Waals surface area (Å²) in [5.74, 6) is -0.142. The second-order valence-electron chi connectivity index (χ2n) is 8.19. The molecule has 0 N–H and O–H groups in total. The Kier molecular flexibility index (Phi) is 14.2. The van der Waals surface area contributed by atoms with E-state index in [1.807, 2.05) is 6.92 Å². The molecule has 0 radical (unpaired) electrons. The summed E-state index contributed by atoms with van der Waals surface area (Å²) in [6, 6.07) is 0. The molecular weight excluding hydrogens is 314 g/mol. The van der Waals surface area contributed by atoms with E-state index in [-0.39, 0.29) is 12.2 Å². The molecule has 0 amide bonds. The largest absolute Gasteiger partial charge is 0.436 e. The van der Waals surface area contributed by atoms with Crippen LogP contribution in [0.2, 0.25) is 0 Å². The fourth-order valence-corrected chi connectivity index (χ4v) is 2.67. The van der Waals surface area contributed by atoms with E-state index < -0.39 is 6.29 Å². The first-order chi connectivity index (χ1) is 11.8. The van der Waals surface area contributed by atoms with E-state index in [0.717, 1.165) is 12.8 Å². The minimum absolute atomic E-state index is 0.00947. The number of carbonyl (C=O) groups is 1. The molecule has 0 spiro atoms. The lowest BCUT2D eigenvalue weighted by molar-refractivity contribution is -0.919. The number of carbonyl (C=O) groups excluding carboxylic acids is 1. The van der Waals surface area contributed by atoms with Gasteiger partial charge in [-0.1, -0.05) is 71.1 Å². The Morgan fingerprint density at radius 1 is 0.800 bits per heavy atom. The van der Waals surface area contributed by atoms with Gasteiger partial charge in [-0.2, -0.15) is 0 Å². The van der Waals surface area contributed by atoms with E-state index in [1.165, 1.54) is 57.8 Å². The van der Waals surface area contributed by atoms with Gasteiger partial charge in [0.1, 0.15) is 0 Å². The third kappa shape index (κ3) is 15.4. The van der Waals surface area contributed by atoms with Gasteiger partial charge in [0.2, 0.25) is 6.29 Å². The van der Waals surface area contributed by atoms with E-state index in [2.05, 4.69) is 28.1 Å². The van der Waals surface area contributed by atoms with Gasteiger partial charge in [-0.05, 0) is 13.3 Å². The van der Waals surface area contributed by atoms with Gasteiger partial charge >= 0.3 is 5.97 Å². The third-order valence-corrected chi connectivity index (χ3v) is 4.76. The van der Waals surface area contributed by atoms with Gasteiger partial charge in [0.25, 0.3) is 0 Å². The second kappa shape index (κ2) is 14.5. The average molecular weight is 359 g/mol. The lowest BCUT2D eigenvalue weighted by Crippen LogP contribution is -2.46. The molecule has 0 aromatic carbocycles. The third-order valence-electron chi connectivity index (χ3n) is 4.76. The fourth-order valence-electron chi connectivity index (χ4n) is 2.67. The van der Waals surface area contributed by atoms with Crippen LogP contribution < -0.4 is 0 Å². The number of rotatable bonds is 16. The Bertz CT molecular complexity index is 326. The molecule has 0 fully saturated rings. The molecule has 0 aliphatic rings. The smallest absolute Gasteiger partial charge is 0.308 e. The van der Waals surface area contributed by atoms with Crippen molar-refractivity contribution in [3.05, 3.63) is 0 Å². The highest BCUT2D eigenvalue weighted by atomic mass is 16.7. The first-order valence-corrected chi connectivity index (χ1v) is 10.4. The number of ether oxygens (including phenoxy) is 2. The molecule has 0 rings (SSSR count). The summed E-state index contributed by atoms with van der Waals surface area (Å²) in [7, 11) is 6.18. The van der Waals surface area contributed by atoms with Gasteiger partial charge in [-0.3, -0.25) is 9.53 Å². The Labute approximate surface area is 156 Å². The Hall–Kier alpha value is -0.610. The van der Waals surface area contributed by atoms with E-state index >= 15 is 0 Å². The molecule has 0 aliphatic heterocycles. The van der Waals surface area contributed by atoms with Crippen molar-refractivity contribution < 1.29 is 18.8 Å². The molecule has 0 aromatic heterocycles. The fraction of sp³-hybridized carbons (Fsp3) is 0.952. The van der Waals surface area contributed by atoms with Crippen LogP contribution in [0.1, 0.15) is 97.8 Å². The van der Waals surface area contributed by atoms with E-state index in [9.17, 15) is 4.79 Å². The summed E-state index contributed by atoms with van der Waals surface area (Å²) in [6.07, 6.45) is 14.2. The van der Waals surface area contributed by atoms with Crippen LogP contribution in [-0.2, 0) is 14.3 Å². The van der Waals surface area contributed by atoms with Crippen LogP contribution in [0.15, 0.2) is 0 Å². The molecule has 0 saturated heterocycles. The standard InChI is InChI=1S/C21H44NO3/c1-7-8-9-10-11-12-13-14-15-16-17-18-21(23)25-20(3)24-19(2)22(4,5)6/h19-20H,7-18H2,1-6H3/q+1. The van der Waals surface area contributed by atoms with E-state index in [4.69, 9.17) is 9.47 Å². The molecule has 0 aromatic rings. The van der Waals surface area contributed by atoms with Crippen molar-refractivity contribution in [1.29, 1.82) is 0 Å². The van der Waals surface area contributed by atoms with E-state index in [0.29, 0.717) is 10.9 Å². The van der Waals surface area contributed by atoms with Gasteiger partial charge in [0.05, 0.1) is 21.1 Å². The maximum absolute atomic E-state index is 11.8. The van der Waals surface area contributed by atoms with Crippen LogP contribution in [0.4, 0.5) is 0 Å². The van der Waals surface area contributed by atoms with Crippen molar-refractivity contribution in [2.45, 2.75) is 110 Å². The molecule has 150 valence electrons. The summed E-state index contributed by atoms with van der Waals surface area (Å²) >= 11 is 0.